The Bertz CT molecular complexity index is 657. The SMILES string of the molecule is Cc1nn(Cc2ccccc2)c(C)c1CNC1=NCCCN1. The summed E-state index contributed by atoms with van der Waals surface area (Å²) in [5.41, 5.74) is 4.82. The number of benzene rings is 1. The van der Waals surface area contributed by atoms with Crippen LogP contribution < -0.4 is 10.6 Å². The predicted octanol–water partition coefficient (Wildman–Crippen LogP) is 1.99. The van der Waals surface area contributed by atoms with Gasteiger partial charge in [-0.05, 0) is 25.8 Å². The summed E-state index contributed by atoms with van der Waals surface area (Å²) in [4.78, 5) is 4.45. The van der Waals surface area contributed by atoms with E-state index in [1.807, 2.05) is 6.07 Å². The van der Waals surface area contributed by atoms with Gasteiger partial charge < -0.3 is 10.6 Å². The highest BCUT2D eigenvalue weighted by Crippen LogP contribution is 2.14. The standard InChI is InChI=1S/C17H23N5/c1-13-16(11-20-17-18-9-6-10-19-17)14(2)22(21-13)12-15-7-4-3-5-8-15/h3-5,7-8H,6,9-12H2,1-2H3,(H2,18,19,20). The Labute approximate surface area is 131 Å². The molecule has 1 aliphatic rings. The number of guanidine groups is 1. The summed E-state index contributed by atoms with van der Waals surface area (Å²) in [6.45, 7) is 7.68. The van der Waals surface area contributed by atoms with Gasteiger partial charge in [0.2, 0.25) is 0 Å². The van der Waals surface area contributed by atoms with E-state index < -0.39 is 0 Å². The maximum absolute atomic E-state index is 4.69. The van der Waals surface area contributed by atoms with Crippen molar-refractivity contribution in [2.45, 2.75) is 33.4 Å². The lowest BCUT2D eigenvalue weighted by atomic mass is 10.2. The van der Waals surface area contributed by atoms with E-state index >= 15 is 0 Å². The summed E-state index contributed by atoms with van der Waals surface area (Å²) >= 11 is 0. The molecule has 5 heteroatoms. The number of nitrogens with zero attached hydrogens (tertiary/aromatic N) is 3. The van der Waals surface area contributed by atoms with Crippen LogP contribution in [0, 0.1) is 13.8 Å². The van der Waals surface area contributed by atoms with Gasteiger partial charge in [0, 0.05) is 30.9 Å². The lowest BCUT2D eigenvalue weighted by molar-refractivity contribution is 0.657. The van der Waals surface area contributed by atoms with Gasteiger partial charge in [-0.2, -0.15) is 5.10 Å². The first-order chi connectivity index (χ1) is 10.7. The molecule has 0 radical (unpaired) electrons. The molecule has 0 atom stereocenters. The first-order valence-corrected chi connectivity index (χ1v) is 7.83. The van der Waals surface area contributed by atoms with Gasteiger partial charge in [0.1, 0.15) is 0 Å². The number of rotatable bonds is 4. The van der Waals surface area contributed by atoms with Gasteiger partial charge >= 0.3 is 0 Å². The van der Waals surface area contributed by atoms with Gasteiger partial charge in [-0.3, -0.25) is 9.67 Å². The van der Waals surface area contributed by atoms with E-state index in [1.54, 1.807) is 0 Å². The summed E-state index contributed by atoms with van der Waals surface area (Å²) in [5, 5.41) is 11.4. The van der Waals surface area contributed by atoms with Gasteiger partial charge in [0.15, 0.2) is 5.96 Å². The monoisotopic (exact) mass is 297 g/mol. The van der Waals surface area contributed by atoms with E-state index in [9.17, 15) is 0 Å². The molecular formula is C17H23N5. The summed E-state index contributed by atoms with van der Waals surface area (Å²) in [5.74, 6) is 0.904. The number of aromatic nitrogens is 2. The summed E-state index contributed by atoms with van der Waals surface area (Å²) in [7, 11) is 0. The largest absolute Gasteiger partial charge is 0.356 e. The molecule has 3 rings (SSSR count). The van der Waals surface area contributed by atoms with E-state index in [4.69, 9.17) is 0 Å². The minimum absolute atomic E-state index is 0.762. The van der Waals surface area contributed by atoms with Gasteiger partial charge in [0.05, 0.1) is 12.2 Å². The second kappa shape index (κ2) is 6.64. The van der Waals surface area contributed by atoms with Crippen molar-refractivity contribution in [3.8, 4) is 0 Å². The first-order valence-electron chi connectivity index (χ1n) is 7.83. The zero-order valence-corrected chi connectivity index (χ0v) is 13.3. The molecule has 0 spiro atoms. The molecule has 1 aliphatic heterocycles. The lowest BCUT2D eigenvalue weighted by Gasteiger charge is -2.16. The smallest absolute Gasteiger partial charge is 0.191 e. The van der Waals surface area contributed by atoms with Crippen LogP contribution in [0.1, 0.15) is 28.9 Å². The van der Waals surface area contributed by atoms with Crippen molar-refractivity contribution in [2.75, 3.05) is 13.1 Å². The molecule has 2 N–H and O–H groups in total. The highest BCUT2D eigenvalue weighted by Gasteiger charge is 2.12. The van der Waals surface area contributed by atoms with Crippen LogP contribution in [0.15, 0.2) is 35.3 Å². The molecule has 0 saturated heterocycles. The van der Waals surface area contributed by atoms with Gasteiger partial charge in [-0.25, -0.2) is 0 Å². The van der Waals surface area contributed by atoms with E-state index in [-0.39, 0.29) is 0 Å². The number of nitrogens with one attached hydrogen (secondary N) is 2. The molecule has 0 saturated carbocycles. The molecule has 0 unspecified atom stereocenters. The molecule has 1 aromatic heterocycles. The van der Waals surface area contributed by atoms with Crippen LogP contribution in [0.5, 0.6) is 0 Å². The van der Waals surface area contributed by atoms with Crippen molar-refractivity contribution < 1.29 is 0 Å². The third-order valence-electron chi connectivity index (χ3n) is 4.04. The zero-order valence-electron chi connectivity index (χ0n) is 13.3. The fourth-order valence-corrected chi connectivity index (χ4v) is 2.72. The quantitative estimate of drug-likeness (QED) is 0.907. The summed E-state index contributed by atoms with van der Waals surface area (Å²) in [6.07, 6.45) is 1.11. The maximum Gasteiger partial charge on any atom is 0.191 e. The minimum atomic E-state index is 0.762. The second-order valence-electron chi connectivity index (χ2n) is 5.66. The number of hydrogen-bond donors (Lipinski definition) is 2. The molecule has 1 aromatic carbocycles. The van der Waals surface area contributed by atoms with Crippen molar-refractivity contribution in [3.05, 3.63) is 52.8 Å². The van der Waals surface area contributed by atoms with E-state index in [0.717, 1.165) is 44.3 Å². The Kier molecular flexibility index (Phi) is 4.42. The third kappa shape index (κ3) is 3.30. The Morgan fingerprint density at radius 2 is 2.05 bits per heavy atom. The van der Waals surface area contributed by atoms with Crippen LogP contribution >= 0.6 is 0 Å². The first kappa shape index (κ1) is 14.6. The maximum atomic E-state index is 4.69. The molecule has 5 nitrogen and oxygen atoms in total. The minimum Gasteiger partial charge on any atom is -0.356 e. The summed E-state index contributed by atoms with van der Waals surface area (Å²) < 4.78 is 2.08. The van der Waals surface area contributed by atoms with Crippen LogP contribution in [0.2, 0.25) is 0 Å². The molecule has 0 amide bonds. The molecule has 2 aromatic rings. The highest BCUT2D eigenvalue weighted by molar-refractivity contribution is 5.80. The van der Waals surface area contributed by atoms with Crippen LogP contribution in [0.3, 0.4) is 0 Å². The molecule has 116 valence electrons. The van der Waals surface area contributed by atoms with Crippen LogP contribution in [-0.4, -0.2) is 28.8 Å². The van der Waals surface area contributed by atoms with E-state index in [2.05, 4.69) is 63.5 Å². The average Bonchev–Trinajstić information content (AvgIpc) is 2.81. The topological polar surface area (TPSA) is 54.2 Å². The van der Waals surface area contributed by atoms with Crippen molar-refractivity contribution >= 4 is 5.96 Å². The molecule has 0 bridgehead atoms. The van der Waals surface area contributed by atoms with E-state index in [0.29, 0.717) is 0 Å². The second-order valence-corrected chi connectivity index (χ2v) is 5.66. The Hall–Kier alpha value is -2.30. The molecule has 0 aliphatic carbocycles. The normalized spacial score (nSPS) is 14.4. The highest BCUT2D eigenvalue weighted by atomic mass is 15.3. The lowest BCUT2D eigenvalue weighted by Crippen LogP contribution is -2.40. The van der Waals surface area contributed by atoms with Gasteiger partial charge in [0.25, 0.3) is 0 Å². The Balaban J connectivity index is 1.71. The molecular weight excluding hydrogens is 274 g/mol. The van der Waals surface area contributed by atoms with E-state index in [1.165, 1.54) is 16.8 Å². The Morgan fingerprint density at radius 1 is 1.23 bits per heavy atom. The number of aliphatic imine (C=N–C) groups is 1. The molecule has 2 heterocycles. The van der Waals surface area contributed by atoms with Crippen LogP contribution in [0.4, 0.5) is 0 Å². The van der Waals surface area contributed by atoms with Crippen molar-refractivity contribution in [3.63, 3.8) is 0 Å². The Morgan fingerprint density at radius 3 is 2.77 bits per heavy atom. The van der Waals surface area contributed by atoms with Crippen molar-refractivity contribution in [1.29, 1.82) is 0 Å². The van der Waals surface area contributed by atoms with Crippen molar-refractivity contribution in [1.82, 2.24) is 20.4 Å². The predicted molar refractivity (Wildman–Crippen MR) is 89.0 cm³/mol. The van der Waals surface area contributed by atoms with Gasteiger partial charge in [-0.15, -0.1) is 0 Å². The fourth-order valence-electron chi connectivity index (χ4n) is 2.72. The molecule has 22 heavy (non-hydrogen) atoms. The molecule has 0 fully saturated rings. The fraction of sp³-hybridized carbons (Fsp3) is 0.412. The van der Waals surface area contributed by atoms with Crippen molar-refractivity contribution in [2.24, 2.45) is 4.99 Å². The zero-order chi connectivity index (χ0) is 15.4. The average molecular weight is 297 g/mol. The third-order valence-corrected chi connectivity index (χ3v) is 4.04. The van der Waals surface area contributed by atoms with Crippen LogP contribution in [0.25, 0.3) is 0 Å². The summed E-state index contributed by atoms with van der Waals surface area (Å²) in [6, 6.07) is 10.4. The number of aryl methyl sites for hydroxylation is 1. The van der Waals surface area contributed by atoms with Crippen LogP contribution in [-0.2, 0) is 13.1 Å². The number of hydrogen-bond acceptors (Lipinski definition) is 4. The van der Waals surface area contributed by atoms with Gasteiger partial charge in [-0.1, -0.05) is 30.3 Å².